The molecule has 0 unspecified atom stereocenters. The fraction of sp³-hybridized carbons (Fsp3) is 0.250. The monoisotopic (exact) mass is 241 g/mol. The van der Waals surface area contributed by atoms with Crippen LogP contribution in [0.4, 0.5) is 11.4 Å². The Labute approximate surface area is 109 Å². The summed E-state index contributed by atoms with van der Waals surface area (Å²) in [7, 11) is 0. The molecule has 0 amide bonds. The SMILES string of the molecule is CCON(c1ccccc1)c1cccc(C)c1C. The molecule has 0 radical (unpaired) electrons. The Morgan fingerprint density at radius 2 is 1.67 bits per heavy atom. The highest BCUT2D eigenvalue weighted by Crippen LogP contribution is 2.29. The minimum Gasteiger partial charge on any atom is -0.269 e. The van der Waals surface area contributed by atoms with E-state index in [1.807, 2.05) is 30.2 Å². The van der Waals surface area contributed by atoms with Gasteiger partial charge in [0.1, 0.15) is 0 Å². The van der Waals surface area contributed by atoms with E-state index in [9.17, 15) is 0 Å². The third kappa shape index (κ3) is 2.54. The summed E-state index contributed by atoms with van der Waals surface area (Å²) in [6, 6.07) is 16.4. The number of hydrogen-bond donors (Lipinski definition) is 0. The molecule has 94 valence electrons. The summed E-state index contributed by atoms with van der Waals surface area (Å²) >= 11 is 0. The lowest BCUT2D eigenvalue weighted by Gasteiger charge is -2.25. The van der Waals surface area contributed by atoms with E-state index in [4.69, 9.17) is 4.84 Å². The maximum absolute atomic E-state index is 5.78. The summed E-state index contributed by atoms with van der Waals surface area (Å²) in [5, 5.41) is 1.91. The van der Waals surface area contributed by atoms with Gasteiger partial charge in [0.25, 0.3) is 0 Å². The van der Waals surface area contributed by atoms with Crippen molar-refractivity contribution in [2.45, 2.75) is 20.8 Å². The third-order valence-electron chi connectivity index (χ3n) is 3.04. The second-order valence-electron chi connectivity index (χ2n) is 4.27. The predicted molar refractivity (Wildman–Crippen MR) is 76.1 cm³/mol. The number of anilines is 2. The molecular formula is C16H19NO. The molecule has 0 aliphatic rings. The molecule has 18 heavy (non-hydrogen) atoms. The largest absolute Gasteiger partial charge is 0.269 e. The van der Waals surface area contributed by atoms with Crippen molar-refractivity contribution >= 4 is 11.4 Å². The van der Waals surface area contributed by atoms with Crippen molar-refractivity contribution in [2.24, 2.45) is 0 Å². The van der Waals surface area contributed by atoms with Gasteiger partial charge in [0, 0.05) is 0 Å². The van der Waals surface area contributed by atoms with E-state index >= 15 is 0 Å². The van der Waals surface area contributed by atoms with Crippen LogP contribution >= 0.6 is 0 Å². The topological polar surface area (TPSA) is 12.5 Å². The zero-order chi connectivity index (χ0) is 13.0. The zero-order valence-corrected chi connectivity index (χ0v) is 11.2. The number of hydrogen-bond acceptors (Lipinski definition) is 2. The van der Waals surface area contributed by atoms with Crippen LogP contribution in [0, 0.1) is 13.8 Å². The van der Waals surface area contributed by atoms with Crippen LogP contribution in [0.15, 0.2) is 48.5 Å². The van der Waals surface area contributed by atoms with Gasteiger partial charge >= 0.3 is 0 Å². The number of para-hydroxylation sites is 1. The van der Waals surface area contributed by atoms with E-state index in [2.05, 4.69) is 44.2 Å². The molecule has 0 aliphatic heterocycles. The molecule has 0 aromatic heterocycles. The molecule has 2 aromatic rings. The van der Waals surface area contributed by atoms with E-state index in [-0.39, 0.29) is 0 Å². The lowest BCUT2D eigenvalue weighted by atomic mass is 10.1. The van der Waals surface area contributed by atoms with Crippen molar-refractivity contribution in [3.05, 3.63) is 59.7 Å². The van der Waals surface area contributed by atoms with Crippen molar-refractivity contribution in [3.63, 3.8) is 0 Å². The normalized spacial score (nSPS) is 10.4. The van der Waals surface area contributed by atoms with Crippen LogP contribution in [0.25, 0.3) is 0 Å². The van der Waals surface area contributed by atoms with E-state index in [1.165, 1.54) is 11.1 Å². The standard InChI is InChI=1S/C16H19NO/c1-4-18-17(15-10-6-5-7-11-15)16-12-8-9-13(2)14(16)3/h5-12H,4H2,1-3H3. The van der Waals surface area contributed by atoms with Gasteiger partial charge in [0.05, 0.1) is 18.0 Å². The zero-order valence-electron chi connectivity index (χ0n) is 11.2. The van der Waals surface area contributed by atoms with Gasteiger partial charge in [-0.25, -0.2) is 5.06 Å². The van der Waals surface area contributed by atoms with Gasteiger partial charge < -0.3 is 0 Å². The smallest absolute Gasteiger partial charge is 0.0727 e. The first-order valence-corrected chi connectivity index (χ1v) is 6.28. The molecule has 2 heteroatoms. The highest BCUT2D eigenvalue weighted by atomic mass is 16.7. The molecule has 0 heterocycles. The Bertz CT molecular complexity index is 508. The summed E-state index contributed by atoms with van der Waals surface area (Å²) < 4.78 is 0. The van der Waals surface area contributed by atoms with Crippen LogP contribution in [0.2, 0.25) is 0 Å². The van der Waals surface area contributed by atoms with Crippen molar-refractivity contribution in [2.75, 3.05) is 11.7 Å². The number of benzene rings is 2. The third-order valence-corrected chi connectivity index (χ3v) is 3.04. The Morgan fingerprint density at radius 3 is 2.33 bits per heavy atom. The Morgan fingerprint density at radius 1 is 0.944 bits per heavy atom. The van der Waals surface area contributed by atoms with Crippen LogP contribution in [0.1, 0.15) is 18.1 Å². The van der Waals surface area contributed by atoms with Crippen LogP contribution in [0.5, 0.6) is 0 Å². The quantitative estimate of drug-likeness (QED) is 0.736. The van der Waals surface area contributed by atoms with Crippen molar-refractivity contribution in [3.8, 4) is 0 Å². The van der Waals surface area contributed by atoms with Crippen LogP contribution in [0.3, 0.4) is 0 Å². The van der Waals surface area contributed by atoms with Crippen molar-refractivity contribution in [1.82, 2.24) is 0 Å². The Kier molecular flexibility index (Phi) is 4.00. The predicted octanol–water partition coefficient (Wildman–Crippen LogP) is 4.39. The van der Waals surface area contributed by atoms with Gasteiger partial charge in [-0.05, 0) is 50.1 Å². The maximum atomic E-state index is 5.78. The number of nitrogens with zero attached hydrogens (tertiary/aromatic N) is 1. The summed E-state index contributed by atoms with van der Waals surface area (Å²) in [5.74, 6) is 0. The Balaban J connectivity index is 2.45. The first kappa shape index (κ1) is 12.7. The average molecular weight is 241 g/mol. The van der Waals surface area contributed by atoms with Crippen molar-refractivity contribution < 1.29 is 4.84 Å². The van der Waals surface area contributed by atoms with Gasteiger partial charge in [0.2, 0.25) is 0 Å². The Hall–Kier alpha value is -1.80. The molecule has 0 saturated carbocycles. The highest BCUT2D eigenvalue weighted by molar-refractivity contribution is 5.64. The minimum atomic E-state index is 0.641. The molecule has 2 nitrogen and oxygen atoms in total. The van der Waals surface area contributed by atoms with Crippen LogP contribution in [-0.2, 0) is 4.84 Å². The molecule has 0 bridgehead atoms. The van der Waals surface area contributed by atoms with Gasteiger partial charge in [-0.15, -0.1) is 0 Å². The first-order valence-electron chi connectivity index (χ1n) is 6.28. The molecule has 0 fully saturated rings. The fourth-order valence-corrected chi connectivity index (χ4v) is 1.93. The highest BCUT2D eigenvalue weighted by Gasteiger charge is 2.12. The summed E-state index contributed by atoms with van der Waals surface area (Å²) in [4.78, 5) is 5.78. The molecule has 0 N–H and O–H groups in total. The number of rotatable bonds is 4. The first-order chi connectivity index (χ1) is 8.74. The number of aryl methyl sites for hydroxylation is 1. The molecule has 0 saturated heterocycles. The van der Waals surface area contributed by atoms with Gasteiger partial charge in [-0.1, -0.05) is 30.3 Å². The molecule has 2 aromatic carbocycles. The van der Waals surface area contributed by atoms with E-state index in [1.54, 1.807) is 0 Å². The molecule has 0 spiro atoms. The summed E-state index contributed by atoms with van der Waals surface area (Å²) in [5.41, 5.74) is 4.67. The van der Waals surface area contributed by atoms with E-state index in [0.29, 0.717) is 6.61 Å². The molecular weight excluding hydrogens is 222 g/mol. The van der Waals surface area contributed by atoms with E-state index < -0.39 is 0 Å². The van der Waals surface area contributed by atoms with Crippen LogP contribution in [-0.4, -0.2) is 6.61 Å². The second-order valence-corrected chi connectivity index (χ2v) is 4.27. The lowest BCUT2D eigenvalue weighted by Crippen LogP contribution is -2.18. The van der Waals surface area contributed by atoms with Crippen molar-refractivity contribution in [1.29, 1.82) is 0 Å². The van der Waals surface area contributed by atoms with Gasteiger partial charge in [-0.2, -0.15) is 0 Å². The minimum absolute atomic E-state index is 0.641. The molecule has 2 rings (SSSR count). The maximum Gasteiger partial charge on any atom is 0.0727 e. The average Bonchev–Trinajstić information content (AvgIpc) is 2.41. The van der Waals surface area contributed by atoms with Gasteiger partial charge in [0.15, 0.2) is 0 Å². The summed E-state index contributed by atoms with van der Waals surface area (Å²) in [6.07, 6.45) is 0. The lowest BCUT2D eigenvalue weighted by molar-refractivity contribution is 0.149. The van der Waals surface area contributed by atoms with E-state index in [0.717, 1.165) is 11.4 Å². The summed E-state index contributed by atoms with van der Waals surface area (Å²) in [6.45, 7) is 6.89. The van der Waals surface area contributed by atoms with Crippen LogP contribution < -0.4 is 5.06 Å². The molecule has 0 aliphatic carbocycles. The second kappa shape index (κ2) is 5.69. The fourth-order valence-electron chi connectivity index (χ4n) is 1.93. The molecule has 0 atom stereocenters. The van der Waals surface area contributed by atoms with Gasteiger partial charge in [-0.3, -0.25) is 4.84 Å².